The largest absolute Gasteiger partial charge is 0.406 e. The van der Waals surface area contributed by atoms with Gasteiger partial charge in [0, 0.05) is 38.8 Å². The highest BCUT2D eigenvalue weighted by Crippen LogP contribution is 2.20. The molecule has 31 heavy (non-hydrogen) atoms. The number of aliphatic imine (C=N–C) groups is 1. The Kier molecular flexibility index (Phi) is 11.6. The molecule has 1 aliphatic rings. The first-order valence-corrected chi connectivity index (χ1v) is 10.3. The van der Waals surface area contributed by atoms with Crippen molar-refractivity contribution in [3.05, 3.63) is 35.9 Å². The molecule has 2 unspecified atom stereocenters. The average molecular weight is 555 g/mol. The smallest absolute Gasteiger partial charge is 0.357 e. The third-order valence-electron chi connectivity index (χ3n) is 5.14. The van der Waals surface area contributed by atoms with E-state index in [1.807, 2.05) is 25.1 Å². The highest BCUT2D eigenvalue weighted by Gasteiger charge is 2.31. The molecule has 1 amide bonds. The lowest BCUT2D eigenvalue weighted by atomic mass is 9.97. The zero-order valence-electron chi connectivity index (χ0n) is 18.3. The van der Waals surface area contributed by atoms with Crippen LogP contribution in [0.5, 0.6) is 0 Å². The Morgan fingerprint density at radius 3 is 2.55 bits per heavy atom. The average Bonchev–Trinajstić information content (AvgIpc) is 2.67. The number of benzene rings is 1. The third-order valence-corrected chi connectivity index (χ3v) is 5.14. The Morgan fingerprint density at radius 1 is 1.29 bits per heavy atom. The number of nitrogens with zero attached hydrogens (tertiary/aromatic N) is 3. The molecule has 176 valence electrons. The van der Waals surface area contributed by atoms with Crippen LogP contribution in [-0.4, -0.2) is 73.2 Å². The Labute approximate surface area is 199 Å². The molecule has 1 aromatic carbocycles. The summed E-state index contributed by atoms with van der Waals surface area (Å²) in [6.45, 7) is 4.92. The van der Waals surface area contributed by atoms with Gasteiger partial charge in [-0.3, -0.25) is 9.69 Å². The number of alkyl halides is 3. The molecule has 10 heteroatoms. The molecular weight excluding hydrogens is 522 g/mol. The maximum absolute atomic E-state index is 12.4. The molecule has 0 saturated carbocycles. The second kappa shape index (κ2) is 13.1. The number of likely N-dealkylation sites (tertiary alicyclic amines) is 1. The Hall–Kier alpha value is -1.56. The van der Waals surface area contributed by atoms with E-state index >= 15 is 0 Å². The van der Waals surface area contributed by atoms with Crippen molar-refractivity contribution >= 4 is 35.8 Å². The van der Waals surface area contributed by atoms with Crippen molar-refractivity contribution in [1.82, 2.24) is 20.4 Å². The number of carbonyl (C=O) groups excluding carboxylic acids is 1. The lowest BCUT2D eigenvalue weighted by Crippen LogP contribution is -2.51. The summed E-state index contributed by atoms with van der Waals surface area (Å²) in [6, 6.07) is 10.9. The van der Waals surface area contributed by atoms with Crippen LogP contribution in [0.4, 0.5) is 13.2 Å². The first-order valence-electron chi connectivity index (χ1n) is 10.3. The topological polar surface area (TPSA) is 60.0 Å². The van der Waals surface area contributed by atoms with Gasteiger partial charge in [-0.1, -0.05) is 30.3 Å². The summed E-state index contributed by atoms with van der Waals surface area (Å²) >= 11 is 0. The monoisotopic (exact) mass is 555 g/mol. The van der Waals surface area contributed by atoms with E-state index in [4.69, 9.17) is 0 Å². The van der Waals surface area contributed by atoms with E-state index in [-0.39, 0.29) is 36.6 Å². The minimum Gasteiger partial charge on any atom is -0.357 e. The van der Waals surface area contributed by atoms with Gasteiger partial charge < -0.3 is 15.5 Å². The summed E-state index contributed by atoms with van der Waals surface area (Å²) in [6.07, 6.45) is -2.58. The molecule has 0 radical (unpaired) electrons. The maximum Gasteiger partial charge on any atom is 0.406 e. The fourth-order valence-corrected chi connectivity index (χ4v) is 3.54. The van der Waals surface area contributed by atoms with Gasteiger partial charge in [-0.25, -0.2) is 4.99 Å². The normalized spacial score (nSPS) is 20.0. The van der Waals surface area contributed by atoms with Crippen molar-refractivity contribution in [3.63, 3.8) is 0 Å². The standard InChI is InChI=1S/C21H32F3N5O.HI/c1-4-25-20(26-13-19(30)28(3)15-21(22,23)24)27-18-10-11-29(16(2)12-18)14-17-8-6-5-7-9-17;/h5-9,16,18H,4,10-15H2,1-3H3,(H2,25,26,27);1H. The summed E-state index contributed by atoms with van der Waals surface area (Å²) in [5.41, 5.74) is 1.28. The summed E-state index contributed by atoms with van der Waals surface area (Å²) in [4.78, 5) is 19.2. The van der Waals surface area contributed by atoms with E-state index in [1.54, 1.807) is 0 Å². The van der Waals surface area contributed by atoms with E-state index in [0.29, 0.717) is 23.4 Å². The van der Waals surface area contributed by atoms with E-state index in [2.05, 4.69) is 39.6 Å². The van der Waals surface area contributed by atoms with Gasteiger partial charge >= 0.3 is 6.18 Å². The fraction of sp³-hybridized carbons (Fsp3) is 0.619. The predicted octanol–water partition coefficient (Wildman–Crippen LogP) is 3.23. The van der Waals surface area contributed by atoms with Crippen LogP contribution in [0.2, 0.25) is 0 Å². The van der Waals surface area contributed by atoms with Crippen LogP contribution in [0, 0.1) is 0 Å². The maximum atomic E-state index is 12.4. The molecule has 6 nitrogen and oxygen atoms in total. The molecule has 1 aliphatic heterocycles. The van der Waals surface area contributed by atoms with Crippen molar-refractivity contribution < 1.29 is 18.0 Å². The molecule has 2 atom stereocenters. The minimum absolute atomic E-state index is 0. The first-order chi connectivity index (χ1) is 14.2. The predicted molar refractivity (Wildman–Crippen MR) is 128 cm³/mol. The first kappa shape index (κ1) is 27.5. The molecule has 0 aromatic heterocycles. The highest BCUT2D eigenvalue weighted by molar-refractivity contribution is 14.0. The molecule has 1 fully saturated rings. The number of halogens is 4. The number of rotatable bonds is 7. The Balaban J connectivity index is 0.00000480. The van der Waals surface area contributed by atoms with Crippen LogP contribution in [0.1, 0.15) is 32.3 Å². The van der Waals surface area contributed by atoms with Gasteiger partial charge in [0.2, 0.25) is 5.91 Å². The van der Waals surface area contributed by atoms with E-state index in [0.717, 1.165) is 33.0 Å². The number of hydrogen-bond donors (Lipinski definition) is 2. The molecule has 1 saturated heterocycles. The zero-order valence-corrected chi connectivity index (χ0v) is 20.6. The van der Waals surface area contributed by atoms with Crippen molar-refractivity contribution in [2.24, 2.45) is 4.99 Å². The number of amides is 1. The SMILES string of the molecule is CCNC(=NCC(=O)N(C)CC(F)(F)F)NC1CCN(Cc2ccccc2)C(C)C1.I. The summed E-state index contributed by atoms with van der Waals surface area (Å²) in [7, 11) is 1.13. The van der Waals surface area contributed by atoms with Crippen molar-refractivity contribution in [3.8, 4) is 0 Å². The van der Waals surface area contributed by atoms with Crippen LogP contribution in [0.15, 0.2) is 35.3 Å². The number of nitrogens with one attached hydrogen (secondary N) is 2. The highest BCUT2D eigenvalue weighted by atomic mass is 127. The summed E-state index contributed by atoms with van der Waals surface area (Å²) < 4.78 is 37.3. The Bertz CT molecular complexity index is 702. The van der Waals surface area contributed by atoms with E-state index < -0.39 is 18.6 Å². The number of guanidine groups is 1. The van der Waals surface area contributed by atoms with Crippen molar-refractivity contribution in [2.45, 2.75) is 51.5 Å². The van der Waals surface area contributed by atoms with Gasteiger partial charge in [-0.05, 0) is 32.3 Å². The molecule has 2 N–H and O–H groups in total. The molecule has 1 heterocycles. The van der Waals surface area contributed by atoms with Gasteiger partial charge in [0.05, 0.1) is 0 Å². The molecular formula is C21H33F3IN5O. The van der Waals surface area contributed by atoms with Crippen LogP contribution >= 0.6 is 24.0 Å². The third kappa shape index (κ3) is 10.1. The van der Waals surface area contributed by atoms with Crippen molar-refractivity contribution in [1.29, 1.82) is 0 Å². The van der Waals surface area contributed by atoms with Gasteiger partial charge in [0.15, 0.2) is 5.96 Å². The minimum atomic E-state index is -4.42. The Morgan fingerprint density at radius 2 is 1.97 bits per heavy atom. The lowest BCUT2D eigenvalue weighted by Gasteiger charge is -2.38. The van der Waals surface area contributed by atoms with Crippen molar-refractivity contribution in [2.75, 3.05) is 33.2 Å². The van der Waals surface area contributed by atoms with E-state index in [1.165, 1.54) is 5.56 Å². The second-order valence-electron chi connectivity index (χ2n) is 7.73. The quantitative estimate of drug-likeness (QED) is 0.308. The number of likely N-dealkylation sites (N-methyl/N-ethyl adjacent to an activating group) is 1. The number of piperidine rings is 1. The number of hydrogen-bond acceptors (Lipinski definition) is 3. The van der Waals surface area contributed by atoms with Crippen LogP contribution in [-0.2, 0) is 11.3 Å². The molecule has 0 aliphatic carbocycles. The van der Waals surface area contributed by atoms with Gasteiger partial charge in [-0.15, -0.1) is 24.0 Å². The van der Waals surface area contributed by atoms with Crippen LogP contribution in [0.3, 0.4) is 0 Å². The fourth-order valence-electron chi connectivity index (χ4n) is 3.54. The van der Waals surface area contributed by atoms with Crippen LogP contribution < -0.4 is 10.6 Å². The molecule has 0 spiro atoms. The molecule has 0 bridgehead atoms. The second-order valence-corrected chi connectivity index (χ2v) is 7.73. The molecule has 1 aromatic rings. The number of carbonyl (C=O) groups is 1. The van der Waals surface area contributed by atoms with Crippen LogP contribution in [0.25, 0.3) is 0 Å². The van der Waals surface area contributed by atoms with E-state index in [9.17, 15) is 18.0 Å². The molecule has 2 rings (SSSR count). The summed E-state index contributed by atoms with van der Waals surface area (Å²) in [5.74, 6) is -0.212. The van der Waals surface area contributed by atoms with Gasteiger partial charge in [0.1, 0.15) is 13.1 Å². The van der Waals surface area contributed by atoms with Gasteiger partial charge in [0.25, 0.3) is 0 Å². The lowest BCUT2D eigenvalue weighted by molar-refractivity contribution is -0.157. The zero-order chi connectivity index (χ0) is 22.1. The summed E-state index contributed by atoms with van der Waals surface area (Å²) in [5, 5.41) is 6.40. The van der Waals surface area contributed by atoms with Gasteiger partial charge in [-0.2, -0.15) is 13.2 Å².